The third-order valence-electron chi connectivity index (χ3n) is 5.47. The van der Waals surface area contributed by atoms with Crippen molar-refractivity contribution in [1.82, 2.24) is 9.80 Å². The largest absolute Gasteiger partial charge is 0.493 e. The molecule has 1 aliphatic heterocycles. The number of carbonyl (C=O) groups excluding carboxylic acids is 2. The second kappa shape index (κ2) is 10.6. The molecule has 0 bridgehead atoms. The Kier molecular flexibility index (Phi) is 7.84. The van der Waals surface area contributed by atoms with Gasteiger partial charge in [0.15, 0.2) is 18.1 Å². The Hall–Kier alpha value is -3.23. The van der Waals surface area contributed by atoms with Gasteiger partial charge in [-0.05, 0) is 43.2 Å². The highest BCUT2D eigenvalue weighted by molar-refractivity contribution is 5.94. The first-order valence-electron chi connectivity index (χ1n) is 10.7. The number of halogens is 3. The topological polar surface area (TPSA) is 59.1 Å². The van der Waals surface area contributed by atoms with Crippen molar-refractivity contribution in [2.75, 3.05) is 39.9 Å². The Bertz CT molecular complexity index is 969. The predicted octanol–water partition coefficient (Wildman–Crippen LogP) is 3.86. The molecule has 0 aliphatic carbocycles. The van der Waals surface area contributed by atoms with Gasteiger partial charge in [-0.1, -0.05) is 23.8 Å². The number of benzene rings is 2. The van der Waals surface area contributed by atoms with E-state index in [0.29, 0.717) is 38.2 Å². The molecule has 33 heavy (non-hydrogen) atoms. The fraction of sp³-hybridized carbons (Fsp3) is 0.417. The van der Waals surface area contributed by atoms with Gasteiger partial charge in [-0.25, -0.2) is 0 Å². The fourth-order valence-corrected chi connectivity index (χ4v) is 3.59. The number of carbonyl (C=O) groups is 2. The summed E-state index contributed by atoms with van der Waals surface area (Å²) in [4.78, 5) is 28.7. The summed E-state index contributed by atoms with van der Waals surface area (Å²) >= 11 is 0. The molecule has 1 saturated heterocycles. The number of hydrogen-bond donors (Lipinski definition) is 0. The number of hydrogen-bond acceptors (Lipinski definition) is 4. The zero-order chi connectivity index (χ0) is 24.0. The minimum absolute atomic E-state index is 0.000678. The van der Waals surface area contributed by atoms with Gasteiger partial charge in [-0.2, -0.15) is 13.2 Å². The molecule has 6 nitrogen and oxygen atoms in total. The second-order valence-electron chi connectivity index (χ2n) is 7.93. The van der Waals surface area contributed by atoms with Crippen LogP contribution < -0.4 is 9.47 Å². The molecule has 1 fully saturated rings. The Morgan fingerprint density at radius 1 is 0.939 bits per heavy atom. The Balaban J connectivity index is 1.49. The molecule has 0 unspecified atom stereocenters. The van der Waals surface area contributed by atoms with Gasteiger partial charge in [-0.15, -0.1) is 0 Å². The van der Waals surface area contributed by atoms with Crippen molar-refractivity contribution < 1.29 is 32.2 Å². The van der Waals surface area contributed by atoms with E-state index in [9.17, 15) is 22.8 Å². The number of alkyl halides is 3. The van der Waals surface area contributed by atoms with Crippen LogP contribution in [-0.2, 0) is 11.2 Å². The molecule has 1 heterocycles. The summed E-state index contributed by atoms with van der Waals surface area (Å²) in [5.41, 5.74) is 2.48. The minimum Gasteiger partial charge on any atom is -0.493 e. The van der Waals surface area contributed by atoms with E-state index in [1.807, 2.05) is 31.2 Å². The molecule has 0 aromatic heterocycles. The maximum Gasteiger partial charge on any atom is 0.422 e. The van der Waals surface area contributed by atoms with Crippen LogP contribution in [0.3, 0.4) is 0 Å². The molecule has 0 atom stereocenters. The second-order valence-corrected chi connectivity index (χ2v) is 7.93. The van der Waals surface area contributed by atoms with Gasteiger partial charge in [0, 0.05) is 38.2 Å². The SMILES string of the molecule is COc1cc(CCC(=O)N2CCN(C(=O)c3ccc(C)cc3)CC2)ccc1OCC(F)(F)F. The molecule has 0 saturated carbocycles. The lowest BCUT2D eigenvalue weighted by molar-refractivity contribution is -0.153. The molecule has 3 rings (SSSR count). The minimum atomic E-state index is -4.44. The first kappa shape index (κ1) is 24.4. The highest BCUT2D eigenvalue weighted by atomic mass is 19.4. The lowest BCUT2D eigenvalue weighted by Crippen LogP contribution is -2.50. The smallest absolute Gasteiger partial charge is 0.422 e. The molecular formula is C24H27F3N2O4. The number of methoxy groups -OCH3 is 1. The number of nitrogens with zero attached hydrogens (tertiary/aromatic N) is 2. The van der Waals surface area contributed by atoms with Crippen molar-refractivity contribution in [3.63, 3.8) is 0 Å². The van der Waals surface area contributed by atoms with Crippen LogP contribution in [0.4, 0.5) is 13.2 Å². The van der Waals surface area contributed by atoms with Crippen molar-refractivity contribution in [1.29, 1.82) is 0 Å². The number of amides is 2. The maximum atomic E-state index is 12.6. The predicted molar refractivity (Wildman–Crippen MR) is 117 cm³/mol. The van der Waals surface area contributed by atoms with Crippen LogP contribution in [0, 0.1) is 6.92 Å². The van der Waals surface area contributed by atoms with E-state index in [1.165, 1.54) is 13.2 Å². The van der Waals surface area contributed by atoms with Gasteiger partial charge in [0.25, 0.3) is 5.91 Å². The monoisotopic (exact) mass is 464 g/mol. The molecule has 178 valence electrons. The summed E-state index contributed by atoms with van der Waals surface area (Å²) in [5.74, 6) is 0.113. The van der Waals surface area contributed by atoms with Gasteiger partial charge in [0.1, 0.15) is 0 Å². The number of rotatable bonds is 7. The highest BCUT2D eigenvalue weighted by Crippen LogP contribution is 2.30. The van der Waals surface area contributed by atoms with Gasteiger partial charge >= 0.3 is 6.18 Å². The third kappa shape index (κ3) is 6.87. The first-order valence-corrected chi connectivity index (χ1v) is 10.7. The molecular weight excluding hydrogens is 437 g/mol. The van der Waals surface area contributed by atoms with Gasteiger partial charge in [-0.3, -0.25) is 9.59 Å². The fourth-order valence-electron chi connectivity index (χ4n) is 3.59. The van der Waals surface area contributed by atoms with E-state index >= 15 is 0 Å². The van der Waals surface area contributed by atoms with Crippen LogP contribution in [0.15, 0.2) is 42.5 Å². The number of piperazine rings is 1. The van der Waals surface area contributed by atoms with E-state index in [2.05, 4.69) is 0 Å². The van der Waals surface area contributed by atoms with Crippen LogP contribution in [0.5, 0.6) is 11.5 Å². The normalized spacial score (nSPS) is 14.2. The molecule has 0 radical (unpaired) electrons. The van der Waals surface area contributed by atoms with E-state index in [0.717, 1.165) is 11.1 Å². The van der Waals surface area contributed by atoms with Crippen LogP contribution in [-0.4, -0.2) is 67.7 Å². The van der Waals surface area contributed by atoms with Gasteiger partial charge < -0.3 is 19.3 Å². The first-order chi connectivity index (χ1) is 15.7. The Labute approximate surface area is 190 Å². The molecule has 2 aromatic carbocycles. The van der Waals surface area contributed by atoms with E-state index in [4.69, 9.17) is 9.47 Å². The van der Waals surface area contributed by atoms with Crippen molar-refractivity contribution in [2.45, 2.75) is 25.9 Å². The average molecular weight is 464 g/mol. The zero-order valence-electron chi connectivity index (χ0n) is 18.7. The van der Waals surface area contributed by atoms with Crippen LogP contribution in [0.2, 0.25) is 0 Å². The maximum absolute atomic E-state index is 12.6. The number of aryl methyl sites for hydroxylation is 2. The Morgan fingerprint density at radius 2 is 1.58 bits per heavy atom. The van der Waals surface area contributed by atoms with Crippen LogP contribution >= 0.6 is 0 Å². The van der Waals surface area contributed by atoms with Crippen molar-refractivity contribution >= 4 is 11.8 Å². The summed E-state index contributed by atoms with van der Waals surface area (Å²) in [5, 5.41) is 0. The van der Waals surface area contributed by atoms with E-state index < -0.39 is 12.8 Å². The zero-order valence-corrected chi connectivity index (χ0v) is 18.7. The van der Waals surface area contributed by atoms with Crippen LogP contribution in [0.1, 0.15) is 27.9 Å². The van der Waals surface area contributed by atoms with Crippen molar-refractivity contribution in [3.05, 3.63) is 59.2 Å². The summed E-state index contributed by atoms with van der Waals surface area (Å²) in [6, 6.07) is 12.0. The average Bonchev–Trinajstić information content (AvgIpc) is 2.81. The number of ether oxygens (including phenoxy) is 2. The molecule has 2 aromatic rings. The molecule has 9 heteroatoms. The summed E-state index contributed by atoms with van der Waals surface area (Å²) < 4.78 is 47.1. The lowest BCUT2D eigenvalue weighted by atomic mass is 10.1. The van der Waals surface area contributed by atoms with Crippen molar-refractivity contribution in [2.24, 2.45) is 0 Å². The van der Waals surface area contributed by atoms with E-state index in [-0.39, 0.29) is 29.7 Å². The third-order valence-corrected chi connectivity index (χ3v) is 5.47. The van der Waals surface area contributed by atoms with Crippen LogP contribution in [0.25, 0.3) is 0 Å². The molecule has 1 aliphatic rings. The summed E-state index contributed by atoms with van der Waals surface area (Å²) in [7, 11) is 1.35. The van der Waals surface area contributed by atoms with Gasteiger partial charge in [0.05, 0.1) is 7.11 Å². The molecule has 0 N–H and O–H groups in total. The summed E-state index contributed by atoms with van der Waals surface area (Å²) in [6.45, 7) is 2.42. The quantitative estimate of drug-likeness (QED) is 0.625. The lowest BCUT2D eigenvalue weighted by Gasteiger charge is -2.35. The molecule has 2 amide bonds. The highest BCUT2D eigenvalue weighted by Gasteiger charge is 2.29. The Morgan fingerprint density at radius 3 is 2.18 bits per heavy atom. The van der Waals surface area contributed by atoms with Gasteiger partial charge in [0.2, 0.25) is 5.91 Å². The standard InChI is InChI=1S/C24H27F3N2O4/c1-17-3-7-19(8-4-17)23(31)29-13-11-28(12-14-29)22(30)10-6-18-5-9-20(21(15-18)32-2)33-16-24(25,26)27/h3-5,7-9,15H,6,10-14,16H2,1-2H3. The molecule has 0 spiro atoms. The van der Waals surface area contributed by atoms with E-state index in [1.54, 1.807) is 21.9 Å². The van der Waals surface area contributed by atoms with Crippen molar-refractivity contribution in [3.8, 4) is 11.5 Å². The summed E-state index contributed by atoms with van der Waals surface area (Å²) in [6.07, 6.45) is -3.78.